The number of pyridine rings is 1. The number of nitrogens with one attached hydrogen (secondary N) is 1. The molecule has 1 amide bonds. The zero-order chi connectivity index (χ0) is 24.4. The highest BCUT2D eigenvalue weighted by Gasteiger charge is 2.35. The van der Waals surface area contributed by atoms with E-state index in [2.05, 4.69) is 20.3 Å². The van der Waals surface area contributed by atoms with Gasteiger partial charge in [0, 0.05) is 47.9 Å². The van der Waals surface area contributed by atoms with Gasteiger partial charge < -0.3 is 14.8 Å². The molecule has 2 aliphatic rings. The number of methoxy groups -OCH3 is 1. The van der Waals surface area contributed by atoms with E-state index in [4.69, 9.17) is 9.47 Å². The molecule has 0 radical (unpaired) electrons. The summed E-state index contributed by atoms with van der Waals surface area (Å²) in [7, 11) is -2.12. The second-order valence-corrected chi connectivity index (χ2v) is 10.9. The standard InChI is InChI=1S/C25H26N4O5S/c1-33-25-27-13-17(14-28-25)23-20-11-18(29-24(30)16-5-4-10-26-12-16)15-34-21(20)8-9-22(23)35(31,32)19-6-2-3-7-19/h4-5,8-10,12-14,18-19H,2-3,6-7,11,15H2,1H3,(H,29,30)/t18-/m0/s1. The molecule has 3 heterocycles. The van der Waals surface area contributed by atoms with E-state index in [1.165, 1.54) is 13.3 Å². The minimum atomic E-state index is -3.59. The fourth-order valence-electron chi connectivity index (χ4n) is 4.78. The number of fused-ring (bicyclic) bond motifs is 1. The van der Waals surface area contributed by atoms with Gasteiger partial charge in [0.1, 0.15) is 12.4 Å². The first-order chi connectivity index (χ1) is 17.0. The Balaban J connectivity index is 1.56. The number of amides is 1. The first-order valence-electron chi connectivity index (χ1n) is 11.6. The van der Waals surface area contributed by atoms with Gasteiger partial charge in [-0.1, -0.05) is 12.8 Å². The molecule has 3 aromatic rings. The van der Waals surface area contributed by atoms with Crippen LogP contribution < -0.4 is 14.8 Å². The van der Waals surface area contributed by atoms with Crippen LogP contribution in [0.1, 0.15) is 41.6 Å². The molecule has 10 heteroatoms. The predicted octanol–water partition coefficient (Wildman–Crippen LogP) is 3.00. The number of rotatable bonds is 6. The molecule has 1 aromatic carbocycles. The van der Waals surface area contributed by atoms with Crippen molar-refractivity contribution in [3.05, 3.63) is 60.2 Å². The lowest BCUT2D eigenvalue weighted by Gasteiger charge is -2.29. The smallest absolute Gasteiger partial charge is 0.316 e. The lowest BCUT2D eigenvalue weighted by atomic mass is 9.94. The van der Waals surface area contributed by atoms with Gasteiger partial charge in [-0.2, -0.15) is 0 Å². The number of ether oxygens (including phenoxy) is 2. The maximum Gasteiger partial charge on any atom is 0.316 e. The Morgan fingerprint density at radius 1 is 1.11 bits per heavy atom. The molecule has 1 aliphatic heterocycles. The molecular formula is C25H26N4O5S. The van der Waals surface area contributed by atoms with E-state index in [0.717, 1.165) is 12.8 Å². The van der Waals surface area contributed by atoms with E-state index in [0.29, 0.717) is 47.3 Å². The van der Waals surface area contributed by atoms with E-state index in [1.807, 2.05) is 0 Å². The molecule has 1 atom stereocenters. The quantitative estimate of drug-likeness (QED) is 0.555. The molecule has 0 saturated heterocycles. The number of nitrogens with zero attached hydrogens (tertiary/aromatic N) is 3. The second kappa shape index (κ2) is 9.61. The summed E-state index contributed by atoms with van der Waals surface area (Å²) in [6.45, 7) is 0.270. The number of sulfone groups is 1. The van der Waals surface area contributed by atoms with Crippen molar-refractivity contribution in [3.8, 4) is 22.9 Å². The zero-order valence-corrected chi connectivity index (χ0v) is 20.1. The largest absolute Gasteiger partial charge is 0.491 e. The molecule has 2 aromatic heterocycles. The van der Waals surface area contributed by atoms with E-state index < -0.39 is 15.1 Å². The predicted molar refractivity (Wildman–Crippen MR) is 128 cm³/mol. The summed E-state index contributed by atoms with van der Waals surface area (Å²) < 4.78 is 38.5. The molecule has 9 nitrogen and oxygen atoms in total. The topological polar surface area (TPSA) is 120 Å². The maximum absolute atomic E-state index is 13.7. The molecule has 35 heavy (non-hydrogen) atoms. The Kier molecular flexibility index (Phi) is 6.38. The zero-order valence-electron chi connectivity index (χ0n) is 19.3. The van der Waals surface area contributed by atoms with Crippen LogP contribution in [-0.2, 0) is 16.3 Å². The van der Waals surface area contributed by atoms with E-state index in [9.17, 15) is 13.2 Å². The number of hydrogen-bond donors (Lipinski definition) is 1. The SMILES string of the molecule is COc1ncc(-c2c(S(=O)(=O)C3CCCC3)ccc3c2C[C@H](NC(=O)c2cccnc2)CO3)cn1. The third-order valence-corrected chi connectivity index (χ3v) is 8.83. The number of hydrogen-bond acceptors (Lipinski definition) is 8. The number of carbonyl (C=O) groups is 1. The highest BCUT2D eigenvalue weighted by atomic mass is 32.2. The van der Waals surface area contributed by atoms with Crippen LogP contribution in [-0.4, -0.2) is 54.3 Å². The molecule has 1 fully saturated rings. The summed E-state index contributed by atoms with van der Waals surface area (Å²) in [6, 6.07) is 6.56. The summed E-state index contributed by atoms with van der Waals surface area (Å²) in [4.78, 5) is 25.4. The van der Waals surface area contributed by atoms with Crippen molar-refractivity contribution >= 4 is 15.7 Å². The Hall–Kier alpha value is -3.53. The van der Waals surface area contributed by atoms with Crippen molar-refractivity contribution < 1.29 is 22.7 Å². The molecule has 1 aliphatic carbocycles. The molecule has 5 rings (SSSR count). The average Bonchev–Trinajstić information content (AvgIpc) is 3.45. The monoisotopic (exact) mass is 494 g/mol. The third-order valence-electron chi connectivity index (χ3n) is 6.53. The minimum absolute atomic E-state index is 0.191. The highest BCUT2D eigenvalue weighted by molar-refractivity contribution is 7.92. The number of benzene rings is 1. The first kappa shape index (κ1) is 23.2. The van der Waals surface area contributed by atoms with Crippen molar-refractivity contribution in [1.82, 2.24) is 20.3 Å². The van der Waals surface area contributed by atoms with Crippen LogP contribution in [0.3, 0.4) is 0 Å². The molecule has 182 valence electrons. The molecule has 1 N–H and O–H groups in total. The summed E-state index contributed by atoms with van der Waals surface area (Å²) in [5, 5.41) is 2.57. The van der Waals surface area contributed by atoms with Crippen LogP contribution >= 0.6 is 0 Å². The summed E-state index contributed by atoms with van der Waals surface area (Å²) >= 11 is 0. The van der Waals surface area contributed by atoms with Crippen molar-refractivity contribution in [3.63, 3.8) is 0 Å². The van der Waals surface area contributed by atoms with E-state index in [-0.39, 0.29) is 29.5 Å². The van der Waals surface area contributed by atoms with Crippen molar-refractivity contribution in [2.45, 2.75) is 48.3 Å². The van der Waals surface area contributed by atoms with Gasteiger partial charge in [-0.3, -0.25) is 9.78 Å². The lowest BCUT2D eigenvalue weighted by molar-refractivity contribution is 0.0915. The molecule has 0 spiro atoms. The van der Waals surface area contributed by atoms with Gasteiger partial charge in [-0.15, -0.1) is 0 Å². The van der Waals surface area contributed by atoms with Gasteiger partial charge in [0.15, 0.2) is 9.84 Å². The van der Waals surface area contributed by atoms with Crippen LogP contribution in [0.4, 0.5) is 0 Å². The van der Waals surface area contributed by atoms with Gasteiger partial charge in [0.25, 0.3) is 5.91 Å². The minimum Gasteiger partial charge on any atom is -0.491 e. The Bertz CT molecular complexity index is 1320. The van der Waals surface area contributed by atoms with Gasteiger partial charge in [-0.05, 0) is 37.1 Å². The molecule has 1 saturated carbocycles. The van der Waals surface area contributed by atoms with Gasteiger partial charge in [0.2, 0.25) is 0 Å². The molecule has 0 unspecified atom stereocenters. The first-order valence-corrected chi connectivity index (χ1v) is 13.1. The molecular weight excluding hydrogens is 468 g/mol. The van der Waals surface area contributed by atoms with Crippen molar-refractivity contribution in [1.29, 1.82) is 0 Å². The highest BCUT2D eigenvalue weighted by Crippen LogP contribution is 2.42. The third kappa shape index (κ3) is 4.58. The fraction of sp³-hybridized carbons (Fsp3) is 0.360. The Labute approximate surface area is 203 Å². The van der Waals surface area contributed by atoms with Crippen LogP contribution in [0.5, 0.6) is 11.8 Å². The van der Waals surface area contributed by atoms with Gasteiger partial charge in [0.05, 0.1) is 28.9 Å². The van der Waals surface area contributed by atoms with Crippen LogP contribution in [0, 0.1) is 0 Å². The van der Waals surface area contributed by atoms with E-state index >= 15 is 0 Å². The van der Waals surface area contributed by atoms with Gasteiger partial charge >= 0.3 is 6.01 Å². The van der Waals surface area contributed by atoms with Crippen molar-refractivity contribution in [2.75, 3.05) is 13.7 Å². The van der Waals surface area contributed by atoms with Crippen LogP contribution in [0.2, 0.25) is 0 Å². The van der Waals surface area contributed by atoms with Gasteiger partial charge in [-0.25, -0.2) is 18.4 Å². The molecule has 0 bridgehead atoms. The average molecular weight is 495 g/mol. The summed E-state index contributed by atoms with van der Waals surface area (Å²) in [6.07, 6.45) is 9.74. The Morgan fingerprint density at radius 2 is 1.89 bits per heavy atom. The normalized spacial score (nSPS) is 17.9. The Morgan fingerprint density at radius 3 is 2.57 bits per heavy atom. The van der Waals surface area contributed by atoms with Crippen LogP contribution in [0.25, 0.3) is 11.1 Å². The summed E-state index contributed by atoms with van der Waals surface area (Å²) in [5.41, 5.74) is 2.24. The number of aromatic nitrogens is 3. The summed E-state index contributed by atoms with van der Waals surface area (Å²) in [5.74, 6) is 0.326. The van der Waals surface area contributed by atoms with Crippen molar-refractivity contribution in [2.24, 2.45) is 0 Å². The lowest BCUT2D eigenvalue weighted by Crippen LogP contribution is -2.43. The van der Waals surface area contributed by atoms with E-state index in [1.54, 1.807) is 42.9 Å². The number of carbonyl (C=O) groups excluding carboxylic acids is 1. The second-order valence-electron chi connectivity index (χ2n) is 8.75. The fourth-order valence-corrected chi connectivity index (χ4v) is 6.88. The maximum atomic E-state index is 13.7. The van der Waals surface area contributed by atoms with Crippen LogP contribution in [0.15, 0.2) is 53.9 Å².